The zero-order chi connectivity index (χ0) is 22.7. The van der Waals surface area contributed by atoms with Crippen molar-refractivity contribution in [2.24, 2.45) is 10.7 Å². The molecule has 0 spiro atoms. The topological polar surface area (TPSA) is 126 Å². The second-order valence-electron chi connectivity index (χ2n) is 7.10. The van der Waals surface area contributed by atoms with Crippen LogP contribution in [0.4, 0.5) is 0 Å². The molecule has 0 saturated heterocycles. The molecule has 0 fully saturated rings. The third kappa shape index (κ3) is 4.58. The van der Waals surface area contributed by atoms with Crippen molar-refractivity contribution in [2.45, 2.75) is 13.3 Å². The van der Waals surface area contributed by atoms with E-state index in [-0.39, 0.29) is 30.9 Å². The lowest BCUT2D eigenvalue weighted by atomic mass is 9.97. The van der Waals surface area contributed by atoms with Gasteiger partial charge in [0.05, 0.1) is 30.4 Å². The summed E-state index contributed by atoms with van der Waals surface area (Å²) < 4.78 is 5.09. The maximum atomic E-state index is 12.4. The molecule has 0 aromatic heterocycles. The molecule has 3 N–H and O–H groups in total. The molecule has 1 heterocycles. The van der Waals surface area contributed by atoms with Gasteiger partial charge in [-0.05, 0) is 66.1 Å². The SMILES string of the molecule is COc1ccc(C(=N)/C=C\C(N)=NC(=O)Cc2cc(C)cc3c2C(=O)N(C)C3=O)cc1.[HH]. The van der Waals surface area contributed by atoms with Crippen molar-refractivity contribution in [1.29, 1.82) is 5.41 Å². The number of aryl methyl sites for hydroxylation is 1. The molecule has 0 bridgehead atoms. The minimum absolute atomic E-state index is 0. The van der Waals surface area contributed by atoms with E-state index in [1.54, 1.807) is 50.4 Å². The van der Waals surface area contributed by atoms with E-state index in [0.29, 0.717) is 22.4 Å². The number of rotatable bonds is 6. The predicted octanol–water partition coefficient (Wildman–Crippen LogP) is 2.53. The van der Waals surface area contributed by atoms with E-state index < -0.39 is 11.8 Å². The largest absolute Gasteiger partial charge is 0.497 e. The number of benzene rings is 2. The van der Waals surface area contributed by atoms with Crippen LogP contribution in [0.3, 0.4) is 0 Å². The molecule has 2 aromatic rings. The van der Waals surface area contributed by atoms with Crippen molar-refractivity contribution in [3.63, 3.8) is 0 Å². The number of allylic oxidation sites excluding steroid dienone is 1. The van der Waals surface area contributed by atoms with Gasteiger partial charge >= 0.3 is 0 Å². The Kier molecular flexibility index (Phi) is 6.10. The third-order valence-corrected chi connectivity index (χ3v) is 4.84. The molecule has 160 valence electrons. The number of ether oxygens (including phenoxy) is 1. The quantitative estimate of drug-likeness (QED) is 0.422. The third-order valence-electron chi connectivity index (χ3n) is 4.84. The van der Waals surface area contributed by atoms with Crippen molar-refractivity contribution in [3.05, 3.63) is 76.4 Å². The smallest absolute Gasteiger partial charge is 0.261 e. The van der Waals surface area contributed by atoms with Crippen LogP contribution >= 0.6 is 0 Å². The Bertz CT molecular complexity index is 1150. The highest BCUT2D eigenvalue weighted by molar-refractivity contribution is 6.22. The molecule has 0 aliphatic carbocycles. The highest BCUT2D eigenvalue weighted by Crippen LogP contribution is 2.27. The zero-order valence-electron chi connectivity index (χ0n) is 17.4. The second-order valence-corrected chi connectivity index (χ2v) is 7.10. The number of hydrogen-bond acceptors (Lipinski definition) is 5. The van der Waals surface area contributed by atoms with Gasteiger partial charge in [-0.1, -0.05) is 6.07 Å². The number of imide groups is 1. The van der Waals surface area contributed by atoms with Crippen LogP contribution in [0.15, 0.2) is 53.5 Å². The first kappa shape index (κ1) is 21.6. The van der Waals surface area contributed by atoms with Gasteiger partial charge in [0.15, 0.2) is 0 Å². The van der Waals surface area contributed by atoms with Crippen LogP contribution in [0.5, 0.6) is 5.75 Å². The number of aliphatic imine (C=N–C) groups is 1. The van der Waals surface area contributed by atoms with Gasteiger partial charge in [-0.2, -0.15) is 4.99 Å². The number of amidine groups is 1. The van der Waals surface area contributed by atoms with Crippen molar-refractivity contribution >= 4 is 29.3 Å². The van der Waals surface area contributed by atoms with Crippen LogP contribution in [-0.4, -0.2) is 48.3 Å². The Labute approximate surface area is 181 Å². The number of carbonyl (C=O) groups excluding carboxylic acids is 3. The van der Waals surface area contributed by atoms with Gasteiger partial charge in [-0.25, -0.2) is 0 Å². The lowest BCUT2D eigenvalue weighted by molar-refractivity contribution is -0.117. The van der Waals surface area contributed by atoms with Gasteiger partial charge in [0, 0.05) is 8.47 Å². The Balaban J connectivity index is 0.00000363. The number of amides is 3. The average Bonchev–Trinajstić information content (AvgIpc) is 2.96. The molecule has 0 atom stereocenters. The summed E-state index contributed by atoms with van der Waals surface area (Å²) in [6, 6.07) is 10.3. The normalized spacial score (nSPS) is 13.6. The van der Waals surface area contributed by atoms with E-state index in [1.807, 2.05) is 0 Å². The Morgan fingerprint density at radius 2 is 1.87 bits per heavy atom. The standard InChI is InChI=1S/C23H22N4O4.H2/c1-13-10-15(21-17(11-13)22(29)27(2)23(21)30)12-20(28)26-19(25)9-8-18(24)14-4-6-16(31-3)7-5-14;/h4-11,24H,12H2,1-3H3,(H2,25,26,28);1H/b9-8-,24-18?;. The second kappa shape index (κ2) is 8.74. The minimum Gasteiger partial charge on any atom is -0.497 e. The highest BCUT2D eigenvalue weighted by atomic mass is 16.5. The van der Waals surface area contributed by atoms with Gasteiger partial charge < -0.3 is 15.9 Å². The van der Waals surface area contributed by atoms with Gasteiger partial charge in [0.1, 0.15) is 11.6 Å². The molecule has 1 aliphatic heterocycles. The first-order valence-electron chi connectivity index (χ1n) is 9.45. The zero-order valence-corrected chi connectivity index (χ0v) is 17.4. The average molecular weight is 420 g/mol. The van der Waals surface area contributed by atoms with Crippen molar-refractivity contribution in [2.75, 3.05) is 14.2 Å². The monoisotopic (exact) mass is 420 g/mol. The van der Waals surface area contributed by atoms with Gasteiger partial charge in [0.25, 0.3) is 17.7 Å². The molecule has 3 rings (SSSR count). The Morgan fingerprint density at radius 1 is 1.19 bits per heavy atom. The number of fused-ring (bicyclic) bond motifs is 1. The maximum Gasteiger partial charge on any atom is 0.261 e. The number of carbonyl (C=O) groups is 3. The molecule has 0 unspecified atom stereocenters. The molecule has 0 radical (unpaired) electrons. The molecule has 31 heavy (non-hydrogen) atoms. The number of nitrogens with two attached hydrogens (primary N) is 1. The molecular formula is C23H24N4O4. The molecule has 2 aromatic carbocycles. The summed E-state index contributed by atoms with van der Waals surface area (Å²) in [6.45, 7) is 1.79. The number of methoxy groups -OCH3 is 1. The highest BCUT2D eigenvalue weighted by Gasteiger charge is 2.35. The fourth-order valence-corrected chi connectivity index (χ4v) is 3.28. The van der Waals surface area contributed by atoms with E-state index in [0.717, 1.165) is 10.5 Å². The lowest BCUT2D eigenvalue weighted by Gasteiger charge is -2.06. The summed E-state index contributed by atoms with van der Waals surface area (Å²) in [6.07, 6.45) is 2.64. The van der Waals surface area contributed by atoms with Crippen molar-refractivity contribution in [3.8, 4) is 5.75 Å². The van der Waals surface area contributed by atoms with Crippen LogP contribution < -0.4 is 10.5 Å². The van der Waals surface area contributed by atoms with E-state index >= 15 is 0 Å². The summed E-state index contributed by atoms with van der Waals surface area (Å²) in [5, 5.41) is 8.08. The van der Waals surface area contributed by atoms with E-state index in [4.69, 9.17) is 15.9 Å². The summed E-state index contributed by atoms with van der Waals surface area (Å²) in [4.78, 5) is 41.9. The van der Waals surface area contributed by atoms with Gasteiger partial charge in [-0.3, -0.25) is 19.3 Å². The Morgan fingerprint density at radius 3 is 2.52 bits per heavy atom. The maximum absolute atomic E-state index is 12.4. The fourth-order valence-electron chi connectivity index (χ4n) is 3.28. The summed E-state index contributed by atoms with van der Waals surface area (Å²) in [5.74, 6) is -0.762. The lowest BCUT2D eigenvalue weighted by Crippen LogP contribution is -2.24. The van der Waals surface area contributed by atoms with Crippen molar-refractivity contribution in [1.82, 2.24) is 4.90 Å². The van der Waals surface area contributed by atoms with Crippen LogP contribution in [-0.2, 0) is 11.2 Å². The molecule has 8 nitrogen and oxygen atoms in total. The molecule has 3 amide bonds. The minimum atomic E-state index is -0.555. The Hall–Kier alpha value is -4.07. The molecule has 0 saturated carbocycles. The predicted molar refractivity (Wildman–Crippen MR) is 119 cm³/mol. The van der Waals surface area contributed by atoms with Crippen LogP contribution in [0.2, 0.25) is 0 Å². The molecule has 8 heteroatoms. The molecule has 1 aliphatic rings. The van der Waals surface area contributed by atoms with E-state index in [9.17, 15) is 14.4 Å². The summed E-state index contributed by atoms with van der Waals surface area (Å²) in [7, 11) is 2.97. The van der Waals surface area contributed by atoms with Crippen LogP contribution in [0, 0.1) is 12.3 Å². The number of hydrogen-bond donors (Lipinski definition) is 2. The van der Waals surface area contributed by atoms with E-state index in [2.05, 4.69) is 4.99 Å². The first-order valence-corrected chi connectivity index (χ1v) is 9.45. The molecular weight excluding hydrogens is 396 g/mol. The van der Waals surface area contributed by atoms with Gasteiger partial charge in [0.2, 0.25) is 0 Å². The van der Waals surface area contributed by atoms with Crippen LogP contribution in [0.1, 0.15) is 38.8 Å². The summed E-state index contributed by atoms with van der Waals surface area (Å²) >= 11 is 0. The number of nitrogens with zero attached hydrogens (tertiary/aromatic N) is 2. The fraction of sp³-hybridized carbons (Fsp3) is 0.174. The van der Waals surface area contributed by atoms with Gasteiger partial charge in [-0.15, -0.1) is 0 Å². The first-order chi connectivity index (χ1) is 14.7. The van der Waals surface area contributed by atoms with Crippen molar-refractivity contribution < 1.29 is 20.5 Å². The van der Waals surface area contributed by atoms with Crippen LogP contribution in [0.25, 0.3) is 0 Å². The van der Waals surface area contributed by atoms with E-state index in [1.165, 1.54) is 19.2 Å². The number of nitrogens with one attached hydrogen (secondary N) is 1. The summed E-state index contributed by atoms with van der Waals surface area (Å²) in [5.41, 5.74) is 8.38.